The topological polar surface area (TPSA) is 17.1 Å². The van der Waals surface area contributed by atoms with Crippen molar-refractivity contribution in [1.29, 1.82) is 0 Å². The van der Waals surface area contributed by atoms with E-state index < -0.39 is 45.1 Å². The molecule has 0 aliphatic carbocycles. The second kappa shape index (κ2) is 6.09. The molecule has 0 fully saturated rings. The van der Waals surface area contributed by atoms with Gasteiger partial charge in [-0.05, 0) is 31.9 Å². The summed E-state index contributed by atoms with van der Waals surface area (Å²) >= 11 is 2.15. The van der Waals surface area contributed by atoms with Gasteiger partial charge in [0, 0.05) is 0 Å². The molecule has 0 heterocycles. The van der Waals surface area contributed by atoms with Crippen molar-refractivity contribution in [1.82, 2.24) is 0 Å². The molecule has 150 valence electrons. The molecule has 0 rings (SSSR count). The van der Waals surface area contributed by atoms with Crippen LogP contribution < -0.4 is 0 Å². The van der Waals surface area contributed by atoms with Crippen LogP contribution >= 0.6 is 31.9 Å². The Bertz CT molecular complexity index is 535. The van der Waals surface area contributed by atoms with E-state index in [-0.39, 0.29) is 0 Å². The molecule has 0 aromatic rings. The van der Waals surface area contributed by atoms with E-state index in [4.69, 9.17) is 0 Å². The molecule has 1 unspecified atom stereocenters. The SMILES string of the molecule is O=C(Br)C(F)(Br)C(F)(F)C(F)(F)C(F)(F)C(F)(F)C(F)(F)C(F)(F)F. The number of carbonyl (C=O) groups is 1. The van der Waals surface area contributed by atoms with Crippen LogP contribution in [0.4, 0.5) is 61.5 Å². The van der Waals surface area contributed by atoms with Crippen LogP contribution in [0.15, 0.2) is 0 Å². The maximum atomic E-state index is 13.2. The number of hydrogen-bond donors (Lipinski definition) is 0. The summed E-state index contributed by atoms with van der Waals surface area (Å²) in [6, 6.07) is 0. The number of halogens is 16. The molecule has 0 aliphatic rings. The van der Waals surface area contributed by atoms with E-state index in [2.05, 4.69) is 0 Å². The highest BCUT2D eigenvalue weighted by Gasteiger charge is 2.93. The average molecular weight is 538 g/mol. The Labute approximate surface area is 144 Å². The molecule has 0 spiro atoms. The molecule has 1 atom stereocenters. The minimum atomic E-state index is -8.17. The van der Waals surface area contributed by atoms with Crippen molar-refractivity contribution in [2.75, 3.05) is 0 Å². The lowest BCUT2D eigenvalue weighted by molar-refractivity contribution is -0.442. The monoisotopic (exact) mass is 536 g/mol. The van der Waals surface area contributed by atoms with E-state index in [9.17, 15) is 66.3 Å². The van der Waals surface area contributed by atoms with Gasteiger partial charge in [-0.15, -0.1) is 0 Å². The highest BCUT2D eigenvalue weighted by Crippen LogP contribution is 2.63. The van der Waals surface area contributed by atoms with Crippen LogP contribution in [-0.4, -0.2) is 45.1 Å². The van der Waals surface area contributed by atoms with E-state index >= 15 is 0 Å². The molecule has 25 heavy (non-hydrogen) atoms. The Kier molecular flexibility index (Phi) is 6.00. The summed E-state index contributed by atoms with van der Waals surface area (Å²) in [7, 11) is 0. The van der Waals surface area contributed by atoms with Crippen molar-refractivity contribution >= 4 is 36.6 Å². The Hall–Kier alpha value is -0.350. The van der Waals surface area contributed by atoms with Gasteiger partial charge in [-0.1, -0.05) is 0 Å². The first kappa shape index (κ1) is 24.7. The van der Waals surface area contributed by atoms with Crippen LogP contribution in [0, 0.1) is 0 Å². The van der Waals surface area contributed by atoms with Crippen molar-refractivity contribution in [2.45, 2.75) is 40.4 Å². The van der Waals surface area contributed by atoms with Gasteiger partial charge >= 0.3 is 40.4 Å². The fourth-order valence-corrected chi connectivity index (χ4v) is 1.59. The highest BCUT2D eigenvalue weighted by molar-refractivity contribution is 9.20. The fraction of sp³-hybridized carbons (Fsp3) is 0.875. The lowest BCUT2D eigenvalue weighted by Crippen LogP contribution is -2.72. The molecule has 0 aromatic heterocycles. The van der Waals surface area contributed by atoms with Gasteiger partial charge in [0.05, 0.1) is 0 Å². The molecule has 0 N–H and O–H groups in total. The van der Waals surface area contributed by atoms with Crippen LogP contribution in [0.2, 0.25) is 0 Å². The van der Waals surface area contributed by atoms with Gasteiger partial charge in [-0.3, -0.25) is 4.79 Å². The Morgan fingerprint density at radius 1 is 0.520 bits per heavy atom. The summed E-state index contributed by atoms with van der Waals surface area (Å²) in [6.45, 7) is 0. The van der Waals surface area contributed by atoms with Crippen LogP contribution in [0.3, 0.4) is 0 Å². The zero-order valence-electron chi connectivity index (χ0n) is 10.5. The molecule has 0 radical (unpaired) electrons. The van der Waals surface area contributed by atoms with E-state index in [1.54, 1.807) is 0 Å². The van der Waals surface area contributed by atoms with Gasteiger partial charge in [0.1, 0.15) is 0 Å². The predicted octanol–water partition coefficient (Wildman–Crippen LogP) is 5.71. The van der Waals surface area contributed by atoms with E-state index in [0.29, 0.717) is 0 Å². The van der Waals surface area contributed by atoms with Gasteiger partial charge in [0.25, 0.3) is 4.69 Å². The largest absolute Gasteiger partial charge is 0.460 e. The standard InChI is InChI=1S/C8Br2F14O/c9-1(25)2(10,11)3(12,13)4(14,15)5(16,17)6(18,19)7(20,21)8(22,23)24. The van der Waals surface area contributed by atoms with Crippen LogP contribution in [0.1, 0.15) is 0 Å². The predicted molar refractivity (Wildman–Crippen MR) is 57.5 cm³/mol. The summed E-state index contributed by atoms with van der Waals surface area (Å²) in [5.74, 6) is -39.4. The molecule has 0 aliphatic heterocycles. The molecule has 0 amide bonds. The molecule has 17 heteroatoms. The van der Waals surface area contributed by atoms with E-state index in [1.165, 1.54) is 15.9 Å². The first-order chi connectivity index (χ1) is 10.4. The van der Waals surface area contributed by atoms with Gasteiger partial charge < -0.3 is 0 Å². The average Bonchev–Trinajstić information content (AvgIpc) is 2.35. The molecule has 1 nitrogen and oxygen atoms in total. The lowest BCUT2D eigenvalue weighted by Gasteiger charge is -2.41. The Balaban J connectivity index is 6.55. The van der Waals surface area contributed by atoms with Crippen molar-refractivity contribution in [3.05, 3.63) is 0 Å². The smallest absolute Gasteiger partial charge is 0.282 e. The van der Waals surface area contributed by atoms with Gasteiger partial charge in [-0.25, -0.2) is 4.39 Å². The maximum absolute atomic E-state index is 13.2. The van der Waals surface area contributed by atoms with Crippen molar-refractivity contribution in [3.63, 3.8) is 0 Å². The number of alkyl halides is 15. The van der Waals surface area contributed by atoms with Crippen molar-refractivity contribution < 1.29 is 66.3 Å². The molecule has 0 saturated carbocycles. The van der Waals surface area contributed by atoms with Crippen LogP contribution in [0.25, 0.3) is 0 Å². The Morgan fingerprint density at radius 2 is 0.760 bits per heavy atom. The van der Waals surface area contributed by atoms with Crippen LogP contribution in [0.5, 0.6) is 0 Å². The zero-order chi connectivity index (χ0) is 21.1. The minimum absolute atomic E-state index is 0.872. The quantitative estimate of drug-likeness (QED) is 0.241. The highest BCUT2D eigenvalue weighted by atomic mass is 79.9. The summed E-state index contributed by atoms with van der Waals surface area (Å²) in [4.78, 5) is 10.4. The minimum Gasteiger partial charge on any atom is -0.282 e. The van der Waals surface area contributed by atoms with Crippen molar-refractivity contribution in [2.24, 2.45) is 0 Å². The second-order valence-corrected chi connectivity index (χ2v) is 6.03. The van der Waals surface area contributed by atoms with E-state index in [1.807, 2.05) is 0 Å². The third kappa shape index (κ3) is 3.12. The molecular weight excluding hydrogens is 538 g/mol. The number of hydrogen-bond acceptors (Lipinski definition) is 1. The third-order valence-corrected chi connectivity index (χ3v) is 4.51. The first-order valence-corrected chi connectivity index (χ1v) is 6.56. The van der Waals surface area contributed by atoms with E-state index in [0.717, 1.165) is 15.9 Å². The fourth-order valence-electron chi connectivity index (χ4n) is 1.09. The summed E-state index contributed by atoms with van der Waals surface area (Å²) in [6.07, 6.45) is -7.57. The second-order valence-electron chi connectivity index (χ2n) is 4.22. The summed E-state index contributed by atoms with van der Waals surface area (Å²) in [5.41, 5.74) is 0. The van der Waals surface area contributed by atoms with Crippen molar-refractivity contribution in [3.8, 4) is 0 Å². The molecule has 0 bridgehead atoms. The van der Waals surface area contributed by atoms with Crippen LogP contribution in [-0.2, 0) is 4.79 Å². The normalized spacial score (nSPS) is 18.1. The zero-order valence-corrected chi connectivity index (χ0v) is 13.6. The lowest BCUT2D eigenvalue weighted by atomic mass is 9.92. The van der Waals surface area contributed by atoms with Gasteiger partial charge in [0.15, 0.2) is 0 Å². The van der Waals surface area contributed by atoms with Gasteiger partial charge in [-0.2, -0.15) is 57.1 Å². The molecule has 0 aromatic carbocycles. The molecular formula is C8Br2F14O. The third-order valence-electron chi connectivity index (χ3n) is 2.57. The Morgan fingerprint density at radius 3 is 1.00 bits per heavy atom. The number of carbonyl (C=O) groups excluding carboxylic acids is 1. The molecule has 0 saturated heterocycles. The number of rotatable bonds is 6. The van der Waals surface area contributed by atoms with Gasteiger partial charge in [0.2, 0.25) is 0 Å². The summed E-state index contributed by atoms with van der Waals surface area (Å²) in [5, 5.41) is 0. The summed E-state index contributed by atoms with van der Waals surface area (Å²) < 4.78 is 169. The first-order valence-electron chi connectivity index (χ1n) is 4.98. The maximum Gasteiger partial charge on any atom is 0.460 e.